The van der Waals surface area contributed by atoms with E-state index < -0.39 is 10.0 Å². The summed E-state index contributed by atoms with van der Waals surface area (Å²) in [7, 11) is -0.676. The highest BCUT2D eigenvalue weighted by atomic mass is 32.2. The zero-order valence-electron chi connectivity index (χ0n) is 15.6. The van der Waals surface area contributed by atoms with Crippen LogP contribution in [-0.2, 0) is 16.6 Å². The van der Waals surface area contributed by atoms with E-state index in [2.05, 4.69) is 10.1 Å². The van der Waals surface area contributed by atoms with Crippen molar-refractivity contribution in [2.24, 2.45) is 0 Å². The van der Waals surface area contributed by atoms with Gasteiger partial charge < -0.3 is 9.26 Å². The number of rotatable bonds is 6. The summed E-state index contributed by atoms with van der Waals surface area (Å²) in [6, 6.07) is 12.7. The molecule has 0 amide bonds. The Bertz CT molecular complexity index is 1050. The van der Waals surface area contributed by atoms with Gasteiger partial charge in [0.15, 0.2) is 0 Å². The average Bonchev–Trinajstić information content (AvgIpc) is 3.12. The highest BCUT2D eigenvalue weighted by molar-refractivity contribution is 7.89. The van der Waals surface area contributed by atoms with Crippen LogP contribution in [0.4, 0.5) is 0 Å². The normalized spacial score (nSPS) is 11.7. The molecule has 0 spiro atoms. The molecule has 0 unspecified atom stereocenters. The van der Waals surface area contributed by atoms with Crippen molar-refractivity contribution in [1.29, 1.82) is 0 Å². The second kappa shape index (κ2) is 7.50. The lowest BCUT2D eigenvalue weighted by Gasteiger charge is -2.18. The molecule has 2 aromatic carbocycles. The standard InChI is InChI=1S/C19H21N3O4S/c1-13-11-17(14(2)10-16(13)25-4)27(23,24)22(3)12-18-20-19(21-26-18)15-8-6-5-7-9-15/h5-11H,12H2,1-4H3. The number of nitrogens with zero attached hydrogens (tertiary/aromatic N) is 3. The van der Waals surface area contributed by atoms with E-state index in [1.54, 1.807) is 33.1 Å². The molecule has 7 nitrogen and oxygen atoms in total. The Labute approximate surface area is 158 Å². The van der Waals surface area contributed by atoms with E-state index in [0.29, 0.717) is 17.1 Å². The molecule has 3 aromatic rings. The van der Waals surface area contributed by atoms with E-state index in [4.69, 9.17) is 9.26 Å². The Hall–Kier alpha value is -2.71. The largest absolute Gasteiger partial charge is 0.496 e. The third kappa shape index (κ3) is 3.86. The molecule has 0 radical (unpaired) electrons. The fraction of sp³-hybridized carbons (Fsp3) is 0.263. The van der Waals surface area contributed by atoms with E-state index in [9.17, 15) is 8.42 Å². The van der Waals surface area contributed by atoms with Gasteiger partial charge >= 0.3 is 0 Å². The van der Waals surface area contributed by atoms with Crippen LogP contribution in [0.2, 0.25) is 0 Å². The summed E-state index contributed by atoms with van der Waals surface area (Å²) < 4.78 is 37.6. The van der Waals surface area contributed by atoms with Crippen molar-refractivity contribution >= 4 is 10.0 Å². The SMILES string of the molecule is COc1cc(C)c(S(=O)(=O)N(C)Cc2nc(-c3ccccc3)no2)cc1C. The number of ether oxygens (including phenoxy) is 1. The Morgan fingerprint density at radius 2 is 1.81 bits per heavy atom. The summed E-state index contributed by atoms with van der Waals surface area (Å²) in [5.41, 5.74) is 2.17. The van der Waals surface area contributed by atoms with Gasteiger partial charge in [0, 0.05) is 12.6 Å². The minimum absolute atomic E-state index is 0.0211. The first-order valence-electron chi connectivity index (χ1n) is 8.32. The molecule has 0 saturated heterocycles. The Kier molecular flexibility index (Phi) is 5.29. The predicted octanol–water partition coefficient (Wildman–Crippen LogP) is 3.18. The lowest BCUT2D eigenvalue weighted by Crippen LogP contribution is -2.27. The van der Waals surface area contributed by atoms with Crippen molar-refractivity contribution in [1.82, 2.24) is 14.4 Å². The first-order chi connectivity index (χ1) is 12.8. The summed E-state index contributed by atoms with van der Waals surface area (Å²) in [4.78, 5) is 4.52. The van der Waals surface area contributed by atoms with Gasteiger partial charge in [0.05, 0.1) is 18.6 Å². The monoisotopic (exact) mass is 387 g/mol. The molecule has 0 atom stereocenters. The second-order valence-corrected chi connectivity index (χ2v) is 8.24. The van der Waals surface area contributed by atoms with Crippen molar-refractivity contribution in [3.63, 3.8) is 0 Å². The molecule has 3 rings (SSSR count). The molecule has 142 valence electrons. The number of benzene rings is 2. The molecule has 8 heteroatoms. The van der Waals surface area contributed by atoms with E-state index in [-0.39, 0.29) is 17.3 Å². The van der Waals surface area contributed by atoms with Gasteiger partial charge in [-0.25, -0.2) is 8.42 Å². The molecular formula is C19H21N3O4S. The predicted molar refractivity (Wildman–Crippen MR) is 101 cm³/mol. The number of aromatic nitrogens is 2. The molecule has 0 N–H and O–H groups in total. The average molecular weight is 387 g/mol. The zero-order chi connectivity index (χ0) is 19.6. The number of sulfonamides is 1. The summed E-state index contributed by atoms with van der Waals surface area (Å²) >= 11 is 0. The zero-order valence-corrected chi connectivity index (χ0v) is 16.4. The van der Waals surface area contributed by atoms with Gasteiger partial charge in [0.2, 0.25) is 21.7 Å². The number of aryl methyl sites for hydroxylation is 2. The summed E-state index contributed by atoms with van der Waals surface area (Å²) in [5, 5.41) is 3.92. The van der Waals surface area contributed by atoms with Crippen molar-refractivity contribution in [3.05, 3.63) is 59.5 Å². The number of hydrogen-bond acceptors (Lipinski definition) is 6. The smallest absolute Gasteiger partial charge is 0.243 e. The molecule has 0 aliphatic heterocycles. The lowest BCUT2D eigenvalue weighted by atomic mass is 10.1. The van der Waals surface area contributed by atoms with Crippen molar-refractivity contribution in [3.8, 4) is 17.1 Å². The Morgan fingerprint density at radius 1 is 1.11 bits per heavy atom. The van der Waals surface area contributed by atoms with Gasteiger partial charge in [-0.05, 0) is 37.1 Å². The van der Waals surface area contributed by atoms with Gasteiger partial charge in [0.25, 0.3) is 0 Å². The molecule has 27 heavy (non-hydrogen) atoms. The number of methoxy groups -OCH3 is 1. The maximum atomic E-state index is 13.0. The molecule has 0 saturated carbocycles. The molecular weight excluding hydrogens is 366 g/mol. The van der Waals surface area contributed by atoms with Crippen LogP contribution >= 0.6 is 0 Å². The maximum Gasteiger partial charge on any atom is 0.243 e. The van der Waals surface area contributed by atoms with Crippen LogP contribution < -0.4 is 4.74 Å². The van der Waals surface area contributed by atoms with Crippen LogP contribution in [-0.4, -0.2) is 37.0 Å². The third-order valence-electron chi connectivity index (χ3n) is 4.24. The molecule has 0 aliphatic rings. The highest BCUT2D eigenvalue weighted by Crippen LogP contribution is 2.28. The van der Waals surface area contributed by atoms with Gasteiger partial charge in [-0.15, -0.1) is 0 Å². The van der Waals surface area contributed by atoms with E-state index >= 15 is 0 Å². The van der Waals surface area contributed by atoms with Crippen molar-refractivity contribution in [2.45, 2.75) is 25.3 Å². The van der Waals surface area contributed by atoms with Crippen LogP contribution in [0.1, 0.15) is 17.0 Å². The van der Waals surface area contributed by atoms with E-state index in [1.165, 1.54) is 11.4 Å². The minimum Gasteiger partial charge on any atom is -0.496 e. The molecule has 0 aliphatic carbocycles. The topological polar surface area (TPSA) is 85.5 Å². The first kappa shape index (κ1) is 19.1. The lowest BCUT2D eigenvalue weighted by molar-refractivity contribution is 0.336. The summed E-state index contributed by atoms with van der Waals surface area (Å²) in [6.45, 7) is 3.52. The van der Waals surface area contributed by atoms with Crippen molar-refractivity contribution < 1.29 is 17.7 Å². The van der Waals surface area contributed by atoms with E-state index in [1.807, 2.05) is 30.3 Å². The highest BCUT2D eigenvalue weighted by Gasteiger charge is 2.26. The fourth-order valence-corrected chi connectivity index (χ4v) is 4.14. The van der Waals surface area contributed by atoms with Crippen LogP contribution in [0, 0.1) is 13.8 Å². The van der Waals surface area contributed by atoms with Crippen LogP contribution in [0.25, 0.3) is 11.4 Å². The fourth-order valence-electron chi connectivity index (χ4n) is 2.73. The Balaban J connectivity index is 1.85. The minimum atomic E-state index is -3.72. The van der Waals surface area contributed by atoms with Gasteiger partial charge in [-0.1, -0.05) is 35.5 Å². The first-order valence-corrected chi connectivity index (χ1v) is 9.76. The molecule has 0 bridgehead atoms. The summed E-state index contributed by atoms with van der Waals surface area (Å²) in [5.74, 6) is 1.30. The van der Waals surface area contributed by atoms with Crippen LogP contribution in [0.5, 0.6) is 5.75 Å². The van der Waals surface area contributed by atoms with Gasteiger partial charge in [0.1, 0.15) is 5.75 Å². The van der Waals surface area contributed by atoms with Gasteiger partial charge in [-0.2, -0.15) is 9.29 Å². The second-order valence-electron chi connectivity index (χ2n) is 6.23. The molecule has 1 heterocycles. The number of hydrogen-bond donors (Lipinski definition) is 0. The maximum absolute atomic E-state index is 13.0. The van der Waals surface area contributed by atoms with Crippen molar-refractivity contribution in [2.75, 3.05) is 14.2 Å². The van der Waals surface area contributed by atoms with E-state index in [0.717, 1.165) is 11.1 Å². The van der Waals surface area contributed by atoms with Crippen LogP contribution in [0.3, 0.4) is 0 Å². The Morgan fingerprint density at radius 3 is 2.48 bits per heavy atom. The van der Waals surface area contributed by atoms with Crippen LogP contribution in [0.15, 0.2) is 51.9 Å². The van der Waals surface area contributed by atoms with Gasteiger partial charge in [-0.3, -0.25) is 0 Å². The molecule has 0 fully saturated rings. The third-order valence-corrected chi connectivity index (χ3v) is 6.18. The molecule has 1 aromatic heterocycles. The quantitative estimate of drug-likeness (QED) is 0.646. The summed E-state index contributed by atoms with van der Waals surface area (Å²) in [6.07, 6.45) is 0.